The van der Waals surface area contributed by atoms with Gasteiger partial charge in [-0.15, -0.1) is 0 Å². The van der Waals surface area contributed by atoms with Crippen LogP contribution in [0.2, 0.25) is 0 Å². The van der Waals surface area contributed by atoms with Crippen LogP contribution in [0.1, 0.15) is 51.7 Å². The fourth-order valence-electron chi connectivity index (χ4n) is 2.85. The lowest BCUT2D eigenvalue weighted by molar-refractivity contribution is 0.236. The van der Waals surface area contributed by atoms with E-state index in [1.54, 1.807) is 0 Å². The Bertz CT molecular complexity index is 425. The molecule has 0 radical (unpaired) electrons. The molecule has 2 heteroatoms. The molecule has 1 heterocycles. The van der Waals surface area contributed by atoms with Gasteiger partial charge in [-0.3, -0.25) is 4.90 Å². The molecule has 0 bridgehead atoms. The number of nitrogens with zero attached hydrogens (tertiary/aromatic N) is 1. The fraction of sp³-hybridized carbons (Fsp3) is 0.684. The molecule has 1 N–H and O–H groups in total. The number of benzene rings is 1. The third kappa shape index (κ3) is 5.35. The average molecular weight is 288 g/mol. The Kier molecular flexibility index (Phi) is 6.10. The van der Waals surface area contributed by atoms with E-state index in [-0.39, 0.29) is 0 Å². The molecule has 0 unspecified atom stereocenters. The number of rotatable bonds is 8. The highest BCUT2D eigenvalue weighted by molar-refractivity contribution is 5.56. The molecular formula is C19H32N2. The van der Waals surface area contributed by atoms with Crippen molar-refractivity contribution in [3.8, 4) is 0 Å². The third-order valence-electron chi connectivity index (χ3n) is 4.34. The number of fused-ring (bicyclic) bond motifs is 1. The van der Waals surface area contributed by atoms with Gasteiger partial charge in [0.1, 0.15) is 0 Å². The van der Waals surface area contributed by atoms with Gasteiger partial charge in [0.2, 0.25) is 0 Å². The van der Waals surface area contributed by atoms with Gasteiger partial charge in [0.25, 0.3) is 0 Å². The zero-order valence-corrected chi connectivity index (χ0v) is 14.3. The SMILES string of the molecule is CC(C)CCN(CCC(C)C)Cc1ccc2c(c1)NCC2. The quantitative estimate of drug-likeness (QED) is 0.755. The van der Waals surface area contributed by atoms with Crippen LogP contribution in [0.5, 0.6) is 0 Å². The van der Waals surface area contributed by atoms with Gasteiger partial charge in [-0.05, 0) is 61.4 Å². The van der Waals surface area contributed by atoms with Crippen molar-refractivity contribution in [1.29, 1.82) is 0 Å². The van der Waals surface area contributed by atoms with Crippen molar-refractivity contribution in [1.82, 2.24) is 4.90 Å². The second kappa shape index (κ2) is 7.84. The summed E-state index contributed by atoms with van der Waals surface area (Å²) in [5.74, 6) is 1.57. The molecule has 0 aromatic heterocycles. The van der Waals surface area contributed by atoms with Gasteiger partial charge in [-0.1, -0.05) is 39.8 Å². The molecule has 0 aliphatic carbocycles. The fourth-order valence-corrected chi connectivity index (χ4v) is 2.85. The minimum atomic E-state index is 0.785. The molecule has 1 aliphatic heterocycles. The van der Waals surface area contributed by atoms with E-state index in [0.717, 1.165) is 24.9 Å². The molecule has 2 nitrogen and oxygen atoms in total. The van der Waals surface area contributed by atoms with E-state index in [1.165, 1.54) is 49.2 Å². The molecule has 1 aromatic rings. The molecular weight excluding hydrogens is 256 g/mol. The third-order valence-corrected chi connectivity index (χ3v) is 4.34. The van der Waals surface area contributed by atoms with Crippen molar-refractivity contribution >= 4 is 5.69 Å². The predicted molar refractivity (Wildman–Crippen MR) is 92.8 cm³/mol. The number of hydrogen-bond acceptors (Lipinski definition) is 2. The van der Waals surface area contributed by atoms with Crippen molar-refractivity contribution in [2.45, 2.75) is 53.5 Å². The van der Waals surface area contributed by atoms with Gasteiger partial charge >= 0.3 is 0 Å². The number of nitrogens with one attached hydrogen (secondary N) is 1. The van der Waals surface area contributed by atoms with Gasteiger partial charge in [-0.2, -0.15) is 0 Å². The van der Waals surface area contributed by atoms with Crippen molar-refractivity contribution in [2.24, 2.45) is 11.8 Å². The van der Waals surface area contributed by atoms with Gasteiger partial charge in [-0.25, -0.2) is 0 Å². The van der Waals surface area contributed by atoms with E-state index in [4.69, 9.17) is 0 Å². The van der Waals surface area contributed by atoms with Gasteiger partial charge < -0.3 is 5.32 Å². The number of hydrogen-bond donors (Lipinski definition) is 1. The van der Waals surface area contributed by atoms with Crippen molar-refractivity contribution in [3.05, 3.63) is 29.3 Å². The molecule has 0 amide bonds. The molecule has 1 aromatic carbocycles. The molecule has 0 atom stereocenters. The van der Waals surface area contributed by atoms with Crippen LogP contribution in [0.25, 0.3) is 0 Å². The lowest BCUT2D eigenvalue weighted by atomic mass is 10.1. The molecule has 21 heavy (non-hydrogen) atoms. The Hall–Kier alpha value is -1.02. The smallest absolute Gasteiger partial charge is 0.0376 e. The average Bonchev–Trinajstić information content (AvgIpc) is 2.89. The van der Waals surface area contributed by atoms with Crippen LogP contribution < -0.4 is 5.32 Å². The first kappa shape index (κ1) is 16.4. The van der Waals surface area contributed by atoms with E-state index in [0.29, 0.717) is 0 Å². The molecule has 2 rings (SSSR count). The summed E-state index contributed by atoms with van der Waals surface area (Å²) < 4.78 is 0. The maximum Gasteiger partial charge on any atom is 0.0376 e. The summed E-state index contributed by atoms with van der Waals surface area (Å²) in [6.07, 6.45) is 3.77. The number of anilines is 1. The van der Waals surface area contributed by atoms with Crippen LogP contribution in [-0.4, -0.2) is 24.5 Å². The second-order valence-electron chi connectivity index (χ2n) is 7.31. The highest BCUT2D eigenvalue weighted by atomic mass is 15.1. The minimum absolute atomic E-state index is 0.785. The standard InChI is InChI=1S/C19H32N2/c1-15(2)8-11-21(12-9-16(3)4)14-17-5-6-18-7-10-20-19(18)13-17/h5-6,13,15-16,20H,7-12,14H2,1-4H3. The molecule has 0 spiro atoms. The Morgan fingerprint density at radius 3 is 2.33 bits per heavy atom. The minimum Gasteiger partial charge on any atom is -0.384 e. The predicted octanol–water partition coefficient (Wildman–Crippen LogP) is 4.55. The van der Waals surface area contributed by atoms with Gasteiger partial charge in [0.15, 0.2) is 0 Å². The Labute approximate surface area is 130 Å². The molecule has 1 aliphatic rings. The van der Waals surface area contributed by atoms with Crippen LogP contribution in [0.3, 0.4) is 0 Å². The van der Waals surface area contributed by atoms with E-state index < -0.39 is 0 Å². The van der Waals surface area contributed by atoms with Crippen LogP contribution >= 0.6 is 0 Å². The normalized spacial score (nSPS) is 14.0. The lowest BCUT2D eigenvalue weighted by Gasteiger charge is -2.24. The first-order valence-corrected chi connectivity index (χ1v) is 8.62. The summed E-state index contributed by atoms with van der Waals surface area (Å²) in [6.45, 7) is 13.9. The molecule has 118 valence electrons. The Morgan fingerprint density at radius 2 is 1.71 bits per heavy atom. The summed E-state index contributed by atoms with van der Waals surface area (Å²) in [5, 5.41) is 3.50. The Morgan fingerprint density at radius 1 is 1.05 bits per heavy atom. The van der Waals surface area contributed by atoms with E-state index in [9.17, 15) is 0 Å². The van der Waals surface area contributed by atoms with Crippen molar-refractivity contribution < 1.29 is 0 Å². The lowest BCUT2D eigenvalue weighted by Crippen LogP contribution is -2.27. The summed E-state index contributed by atoms with van der Waals surface area (Å²) in [6, 6.07) is 7.00. The molecule has 0 fully saturated rings. The summed E-state index contributed by atoms with van der Waals surface area (Å²) >= 11 is 0. The second-order valence-corrected chi connectivity index (χ2v) is 7.31. The van der Waals surface area contributed by atoms with Crippen LogP contribution in [-0.2, 0) is 13.0 Å². The van der Waals surface area contributed by atoms with E-state index >= 15 is 0 Å². The summed E-state index contributed by atoms with van der Waals surface area (Å²) in [7, 11) is 0. The highest BCUT2D eigenvalue weighted by Crippen LogP contribution is 2.24. The van der Waals surface area contributed by atoms with E-state index in [1.807, 2.05) is 0 Å². The van der Waals surface area contributed by atoms with Gasteiger partial charge in [0.05, 0.1) is 0 Å². The van der Waals surface area contributed by atoms with Gasteiger partial charge in [0, 0.05) is 18.8 Å². The van der Waals surface area contributed by atoms with E-state index in [2.05, 4.69) is 56.1 Å². The maximum atomic E-state index is 3.50. The zero-order valence-electron chi connectivity index (χ0n) is 14.3. The topological polar surface area (TPSA) is 15.3 Å². The van der Waals surface area contributed by atoms with Crippen molar-refractivity contribution in [2.75, 3.05) is 25.0 Å². The first-order chi connectivity index (χ1) is 10.0. The van der Waals surface area contributed by atoms with Crippen LogP contribution in [0, 0.1) is 11.8 Å². The maximum absolute atomic E-state index is 3.50. The monoisotopic (exact) mass is 288 g/mol. The zero-order chi connectivity index (χ0) is 15.2. The Balaban J connectivity index is 1.95. The summed E-state index contributed by atoms with van der Waals surface area (Å²) in [4.78, 5) is 2.64. The van der Waals surface area contributed by atoms with Crippen LogP contribution in [0.15, 0.2) is 18.2 Å². The highest BCUT2D eigenvalue weighted by Gasteiger charge is 2.12. The van der Waals surface area contributed by atoms with Crippen LogP contribution in [0.4, 0.5) is 5.69 Å². The summed E-state index contributed by atoms with van der Waals surface area (Å²) in [5.41, 5.74) is 4.30. The molecule has 0 saturated carbocycles. The largest absolute Gasteiger partial charge is 0.384 e. The first-order valence-electron chi connectivity index (χ1n) is 8.62. The van der Waals surface area contributed by atoms with Crippen molar-refractivity contribution in [3.63, 3.8) is 0 Å². The molecule has 0 saturated heterocycles.